The van der Waals surface area contributed by atoms with Crippen molar-refractivity contribution in [3.8, 4) is 0 Å². The van der Waals surface area contributed by atoms with Gasteiger partial charge in [-0.2, -0.15) is 0 Å². The quantitative estimate of drug-likeness (QED) is 0.872. The molecule has 0 bridgehead atoms. The summed E-state index contributed by atoms with van der Waals surface area (Å²) in [6, 6.07) is 7.01. The van der Waals surface area contributed by atoms with Crippen molar-refractivity contribution in [2.45, 2.75) is 10.8 Å². The number of carbonyl (C=O) groups is 1. The van der Waals surface area contributed by atoms with Crippen molar-refractivity contribution in [2.24, 2.45) is 0 Å². The van der Waals surface area contributed by atoms with Gasteiger partial charge in [-0.1, -0.05) is 17.7 Å². The summed E-state index contributed by atoms with van der Waals surface area (Å²) in [6.07, 6.45) is 3.03. The van der Waals surface area contributed by atoms with E-state index in [0.29, 0.717) is 16.3 Å². The highest BCUT2D eigenvalue weighted by Gasteiger charge is 2.11. The molecule has 4 nitrogen and oxygen atoms in total. The minimum Gasteiger partial charge on any atom is -0.477 e. The van der Waals surface area contributed by atoms with E-state index in [-0.39, 0.29) is 5.69 Å². The number of pyridine rings is 2. The first-order chi connectivity index (χ1) is 8.66. The van der Waals surface area contributed by atoms with Crippen LogP contribution >= 0.6 is 23.4 Å². The fourth-order valence-electron chi connectivity index (χ4n) is 1.35. The minimum atomic E-state index is -1.02. The number of hydrogen-bond acceptors (Lipinski definition) is 4. The fourth-order valence-corrected chi connectivity index (χ4v) is 2.29. The lowest BCUT2D eigenvalue weighted by Gasteiger charge is -2.04. The van der Waals surface area contributed by atoms with Crippen LogP contribution in [0.2, 0.25) is 5.02 Å². The van der Waals surface area contributed by atoms with Crippen molar-refractivity contribution in [1.82, 2.24) is 9.97 Å². The summed E-state index contributed by atoms with van der Waals surface area (Å²) in [5.41, 5.74) is 0.755. The molecule has 0 unspecified atom stereocenters. The summed E-state index contributed by atoms with van der Waals surface area (Å²) in [6.45, 7) is 0. The molecule has 18 heavy (non-hydrogen) atoms. The van der Waals surface area contributed by atoms with Crippen molar-refractivity contribution < 1.29 is 9.90 Å². The number of halogens is 1. The zero-order valence-electron chi connectivity index (χ0n) is 9.21. The van der Waals surface area contributed by atoms with Crippen LogP contribution in [0.3, 0.4) is 0 Å². The van der Waals surface area contributed by atoms with Crippen LogP contribution in [0.25, 0.3) is 0 Å². The molecule has 0 atom stereocenters. The smallest absolute Gasteiger partial charge is 0.354 e. The highest BCUT2D eigenvalue weighted by atomic mass is 35.5. The van der Waals surface area contributed by atoms with E-state index in [0.717, 1.165) is 5.03 Å². The second-order valence-corrected chi connectivity index (χ2v) is 4.85. The number of hydrogen-bond donors (Lipinski definition) is 1. The zero-order chi connectivity index (χ0) is 13.0. The van der Waals surface area contributed by atoms with Crippen molar-refractivity contribution >= 4 is 29.3 Å². The van der Waals surface area contributed by atoms with Gasteiger partial charge >= 0.3 is 5.97 Å². The van der Waals surface area contributed by atoms with Crippen molar-refractivity contribution in [3.63, 3.8) is 0 Å². The Hall–Kier alpha value is -1.59. The SMILES string of the molecule is O=C(O)c1ncccc1CSc1ccc(Cl)cn1. The molecular weight excluding hydrogens is 272 g/mol. The van der Waals surface area contributed by atoms with Gasteiger partial charge in [0.05, 0.1) is 10.0 Å². The summed E-state index contributed by atoms with van der Waals surface area (Å²) < 4.78 is 0. The van der Waals surface area contributed by atoms with Crippen LogP contribution in [-0.2, 0) is 5.75 Å². The summed E-state index contributed by atoms with van der Waals surface area (Å²) >= 11 is 7.18. The van der Waals surface area contributed by atoms with Crippen LogP contribution in [0.4, 0.5) is 0 Å². The van der Waals surface area contributed by atoms with Crippen LogP contribution in [0.1, 0.15) is 16.1 Å². The van der Waals surface area contributed by atoms with Crippen molar-refractivity contribution in [2.75, 3.05) is 0 Å². The summed E-state index contributed by atoms with van der Waals surface area (Å²) in [5.74, 6) is -0.514. The average Bonchev–Trinajstić information content (AvgIpc) is 2.38. The van der Waals surface area contributed by atoms with E-state index in [1.807, 2.05) is 0 Å². The van der Waals surface area contributed by atoms with E-state index in [4.69, 9.17) is 16.7 Å². The zero-order valence-corrected chi connectivity index (χ0v) is 10.8. The van der Waals surface area contributed by atoms with Gasteiger partial charge in [-0.25, -0.2) is 14.8 Å². The molecule has 1 N–H and O–H groups in total. The highest BCUT2D eigenvalue weighted by Crippen LogP contribution is 2.22. The molecule has 0 saturated heterocycles. The predicted octanol–water partition coefficient (Wildman–Crippen LogP) is 3.12. The fraction of sp³-hybridized carbons (Fsp3) is 0.0833. The Morgan fingerprint density at radius 3 is 2.83 bits per heavy atom. The Kier molecular flexibility index (Phi) is 4.17. The van der Waals surface area contributed by atoms with Crippen LogP contribution in [0.15, 0.2) is 41.7 Å². The van der Waals surface area contributed by atoms with E-state index < -0.39 is 5.97 Å². The molecule has 0 radical (unpaired) electrons. The Morgan fingerprint density at radius 2 is 2.17 bits per heavy atom. The Bertz CT molecular complexity index is 560. The van der Waals surface area contributed by atoms with Crippen LogP contribution in [0.5, 0.6) is 0 Å². The molecule has 2 aromatic rings. The monoisotopic (exact) mass is 280 g/mol. The van der Waals surface area contributed by atoms with Gasteiger partial charge in [0, 0.05) is 18.1 Å². The first-order valence-electron chi connectivity index (χ1n) is 5.08. The Balaban J connectivity index is 2.10. The van der Waals surface area contributed by atoms with E-state index in [1.165, 1.54) is 18.0 Å². The molecule has 0 aliphatic carbocycles. The molecule has 0 fully saturated rings. The number of carboxylic acids is 1. The number of aromatic nitrogens is 2. The summed E-state index contributed by atoms with van der Waals surface area (Å²) in [7, 11) is 0. The highest BCUT2D eigenvalue weighted by molar-refractivity contribution is 7.98. The number of rotatable bonds is 4. The third-order valence-corrected chi connectivity index (χ3v) is 3.39. The third kappa shape index (κ3) is 3.21. The average molecular weight is 281 g/mol. The molecule has 0 aliphatic heterocycles. The molecule has 2 rings (SSSR count). The molecular formula is C12H9ClN2O2S. The number of nitrogens with zero attached hydrogens (tertiary/aromatic N) is 2. The number of carboxylic acid groups (broad SMARTS) is 1. The van der Waals surface area contributed by atoms with E-state index >= 15 is 0 Å². The molecule has 0 amide bonds. The van der Waals surface area contributed by atoms with E-state index in [9.17, 15) is 4.79 Å². The van der Waals surface area contributed by atoms with Gasteiger partial charge in [0.1, 0.15) is 0 Å². The first kappa shape index (κ1) is 12.9. The van der Waals surface area contributed by atoms with Crippen molar-refractivity contribution in [3.05, 3.63) is 52.9 Å². The second kappa shape index (κ2) is 5.84. The molecule has 0 aliphatic rings. The lowest BCUT2D eigenvalue weighted by Crippen LogP contribution is -2.04. The predicted molar refractivity (Wildman–Crippen MR) is 70.0 cm³/mol. The lowest BCUT2D eigenvalue weighted by atomic mass is 10.2. The standard InChI is InChI=1S/C12H9ClN2O2S/c13-9-3-4-10(15-6-9)18-7-8-2-1-5-14-11(8)12(16)17/h1-6H,7H2,(H,16,17). The molecule has 2 aromatic heterocycles. The second-order valence-electron chi connectivity index (χ2n) is 3.42. The Morgan fingerprint density at radius 1 is 1.33 bits per heavy atom. The van der Waals surface area contributed by atoms with Gasteiger partial charge in [0.2, 0.25) is 0 Å². The normalized spacial score (nSPS) is 10.3. The van der Waals surface area contributed by atoms with Gasteiger partial charge in [-0.05, 0) is 23.8 Å². The maximum Gasteiger partial charge on any atom is 0.354 e. The van der Waals surface area contributed by atoms with Gasteiger partial charge in [0.25, 0.3) is 0 Å². The number of thioether (sulfide) groups is 1. The minimum absolute atomic E-state index is 0.0824. The molecule has 0 aromatic carbocycles. The van der Waals surface area contributed by atoms with Gasteiger partial charge < -0.3 is 5.11 Å². The molecule has 0 spiro atoms. The van der Waals surface area contributed by atoms with E-state index in [2.05, 4.69) is 9.97 Å². The van der Waals surface area contributed by atoms with Crippen molar-refractivity contribution in [1.29, 1.82) is 0 Å². The molecule has 92 valence electrons. The molecule has 0 saturated carbocycles. The molecule has 6 heteroatoms. The topological polar surface area (TPSA) is 63.1 Å². The lowest BCUT2D eigenvalue weighted by molar-refractivity contribution is 0.0689. The first-order valence-corrected chi connectivity index (χ1v) is 6.44. The van der Waals surface area contributed by atoms with Crippen LogP contribution in [0, 0.1) is 0 Å². The maximum absolute atomic E-state index is 11.0. The molecule has 2 heterocycles. The summed E-state index contributed by atoms with van der Waals surface area (Å²) in [5, 5.41) is 10.4. The van der Waals surface area contributed by atoms with Gasteiger partial charge in [-0.15, -0.1) is 11.8 Å². The van der Waals surface area contributed by atoms with Gasteiger partial charge in [-0.3, -0.25) is 0 Å². The van der Waals surface area contributed by atoms with Gasteiger partial charge in [0.15, 0.2) is 5.69 Å². The number of aromatic carboxylic acids is 1. The Labute approximate surface area is 113 Å². The largest absolute Gasteiger partial charge is 0.477 e. The maximum atomic E-state index is 11.0. The van der Waals surface area contributed by atoms with Crippen LogP contribution < -0.4 is 0 Å². The summed E-state index contributed by atoms with van der Waals surface area (Å²) in [4.78, 5) is 19.0. The van der Waals surface area contributed by atoms with Crippen LogP contribution in [-0.4, -0.2) is 21.0 Å². The third-order valence-electron chi connectivity index (χ3n) is 2.17. The van der Waals surface area contributed by atoms with E-state index in [1.54, 1.807) is 30.5 Å².